The van der Waals surface area contributed by atoms with Crippen LogP contribution in [-0.4, -0.2) is 24.8 Å². The van der Waals surface area contributed by atoms with Gasteiger partial charge in [0.25, 0.3) is 0 Å². The summed E-state index contributed by atoms with van der Waals surface area (Å²) >= 11 is 0. The zero-order valence-corrected chi connectivity index (χ0v) is 5.47. The molecule has 0 aromatic rings. The van der Waals surface area contributed by atoms with Gasteiger partial charge in [-0.15, -0.1) is 0 Å². The van der Waals surface area contributed by atoms with E-state index in [1.54, 1.807) is 6.92 Å². The van der Waals surface area contributed by atoms with E-state index in [9.17, 15) is 4.79 Å². The lowest BCUT2D eigenvalue weighted by molar-refractivity contribution is -0.137. The third-order valence-electron chi connectivity index (χ3n) is 0.287. The number of rotatable bonds is 0. The van der Waals surface area contributed by atoms with E-state index in [2.05, 4.69) is 4.74 Å². The van der Waals surface area contributed by atoms with Crippen LogP contribution in [0, 0.1) is 0 Å². The van der Waals surface area contributed by atoms with Crippen LogP contribution in [0.2, 0.25) is 0 Å². The molecule has 0 spiro atoms. The fourth-order valence-electron chi connectivity index (χ4n) is 0. The Morgan fingerprint density at radius 3 is 1.88 bits per heavy atom. The number of ether oxygens (including phenoxy) is 1. The average molecular weight is 120 g/mol. The molecule has 0 bridgehead atoms. The first-order chi connectivity index (χ1) is 3.68. The first kappa shape index (κ1) is 10.4. The smallest absolute Gasteiger partial charge is 0.302 e. The van der Waals surface area contributed by atoms with Crippen LogP contribution in [0.1, 0.15) is 13.8 Å². The molecule has 3 heteroatoms. The van der Waals surface area contributed by atoms with Crippen LogP contribution in [0.4, 0.5) is 0 Å². The molecule has 0 aliphatic carbocycles. The molecule has 0 atom stereocenters. The molecular weight excluding hydrogens is 108 g/mol. The van der Waals surface area contributed by atoms with E-state index in [4.69, 9.17) is 5.11 Å². The molecule has 0 aromatic heterocycles. The maximum absolute atomic E-state index is 9.59. The lowest BCUT2D eigenvalue weighted by atomic mass is 10.8. The normalized spacial score (nSPS) is 6.50. The summed E-state index contributed by atoms with van der Waals surface area (Å²) in [6.07, 6.45) is 0. The number of hydrogen-bond acceptors (Lipinski definition) is 3. The number of carbonyl (C=O) groups is 1. The molecule has 0 fully saturated rings. The molecule has 1 N–H and O–H groups in total. The van der Waals surface area contributed by atoms with Crippen molar-refractivity contribution in [3.63, 3.8) is 0 Å². The molecule has 3 nitrogen and oxygen atoms in total. The third kappa shape index (κ3) is 52.1. The Morgan fingerprint density at radius 2 is 1.88 bits per heavy atom. The Labute approximate surface area is 49.3 Å². The lowest BCUT2D eigenvalue weighted by Gasteiger charge is -1.80. The van der Waals surface area contributed by atoms with E-state index < -0.39 is 0 Å². The maximum atomic E-state index is 9.59. The molecule has 0 radical (unpaired) electrons. The van der Waals surface area contributed by atoms with Crippen molar-refractivity contribution in [2.45, 2.75) is 13.8 Å². The van der Waals surface area contributed by atoms with Crippen LogP contribution in [-0.2, 0) is 9.53 Å². The number of aliphatic hydroxyl groups excluding tert-OH is 1. The molecule has 0 saturated carbocycles. The zero-order valence-electron chi connectivity index (χ0n) is 5.47. The maximum Gasteiger partial charge on any atom is 0.302 e. The molecule has 50 valence electrons. The first-order valence-corrected chi connectivity index (χ1v) is 2.34. The molecule has 0 aliphatic rings. The summed E-state index contributed by atoms with van der Waals surface area (Å²) in [5.41, 5.74) is 0. The average Bonchev–Trinajstić information content (AvgIpc) is 1.69. The second-order valence-corrected chi connectivity index (χ2v) is 1.01. The molecule has 0 aromatic carbocycles. The largest absolute Gasteiger partial charge is 0.469 e. The summed E-state index contributed by atoms with van der Waals surface area (Å²) in [6, 6.07) is 0. The topological polar surface area (TPSA) is 46.5 Å². The Morgan fingerprint density at radius 1 is 1.75 bits per heavy atom. The van der Waals surface area contributed by atoms with Gasteiger partial charge in [0.1, 0.15) is 0 Å². The van der Waals surface area contributed by atoms with Gasteiger partial charge in [0.2, 0.25) is 0 Å². The van der Waals surface area contributed by atoms with Gasteiger partial charge in [-0.3, -0.25) is 4.79 Å². The minimum Gasteiger partial charge on any atom is -0.469 e. The Balaban J connectivity index is 0. The summed E-state index contributed by atoms with van der Waals surface area (Å²) < 4.78 is 4.11. The standard InChI is InChI=1S/C3H6O2.C2H6O/c1-3(4)5-2;1-2-3/h1-2H3;3H,2H2,1H3. The SMILES string of the molecule is CCO.COC(C)=O. The quantitative estimate of drug-likeness (QED) is 0.464. The van der Waals surface area contributed by atoms with E-state index in [0.29, 0.717) is 0 Å². The van der Waals surface area contributed by atoms with E-state index in [0.717, 1.165) is 0 Å². The third-order valence-corrected chi connectivity index (χ3v) is 0.287. The highest BCUT2D eigenvalue weighted by molar-refractivity contribution is 5.65. The highest BCUT2D eigenvalue weighted by atomic mass is 16.5. The molecule has 8 heavy (non-hydrogen) atoms. The Bertz CT molecular complexity index is 51.6. The predicted octanol–water partition coefficient (Wildman–Crippen LogP) is 0.178. The van der Waals surface area contributed by atoms with Crippen molar-refractivity contribution < 1.29 is 14.6 Å². The molecule has 0 heterocycles. The number of esters is 1. The predicted molar refractivity (Wildman–Crippen MR) is 30.4 cm³/mol. The number of aliphatic hydroxyl groups is 1. The number of hydrogen-bond donors (Lipinski definition) is 1. The van der Waals surface area contributed by atoms with Crippen LogP contribution < -0.4 is 0 Å². The van der Waals surface area contributed by atoms with Crippen LogP contribution in [0.15, 0.2) is 0 Å². The Hall–Kier alpha value is -0.570. The van der Waals surface area contributed by atoms with Crippen molar-refractivity contribution >= 4 is 5.97 Å². The van der Waals surface area contributed by atoms with E-state index in [1.807, 2.05) is 0 Å². The minimum absolute atomic E-state index is 0.245. The lowest BCUT2D eigenvalue weighted by Crippen LogP contribution is -1.88. The van der Waals surface area contributed by atoms with Gasteiger partial charge < -0.3 is 9.84 Å². The molecular formula is C5H12O3. The summed E-state index contributed by atoms with van der Waals surface area (Å²) in [7, 11) is 1.35. The highest BCUT2D eigenvalue weighted by Crippen LogP contribution is 1.60. The fraction of sp³-hybridized carbons (Fsp3) is 0.800. The van der Waals surface area contributed by atoms with E-state index >= 15 is 0 Å². The van der Waals surface area contributed by atoms with Gasteiger partial charge in [-0.1, -0.05) is 0 Å². The van der Waals surface area contributed by atoms with Gasteiger partial charge in [0.15, 0.2) is 0 Å². The molecule has 0 amide bonds. The van der Waals surface area contributed by atoms with Gasteiger partial charge in [0, 0.05) is 13.5 Å². The van der Waals surface area contributed by atoms with Crippen LogP contribution in [0.25, 0.3) is 0 Å². The van der Waals surface area contributed by atoms with Crippen LogP contribution >= 0.6 is 0 Å². The van der Waals surface area contributed by atoms with E-state index in [1.165, 1.54) is 14.0 Å². The molecule has 0 unspecified atom stereocenters. The second-order valence-electron chi connectivity index (χ2n) is 1.01. The zero-order chi connectivity index (χ0) is 6.99. The number of carbonyl (C=O) groups excluding carboxylic acids is 1. The van der Waals surface area contributed by atoms with Gasteiger partial charge in [-0.2, -0.15) is 0 Å². The van der Waals surface area contributed by atoms with Crippen molar-refractivity contribution in [3.05, 3.63) is 0 Å². The summed E-state index contributed by atoms with van der Waals surface area (Å²) in [6.45, 7) is 3.29. The first-order valence-electron chi connectivity index (χ1n) is 2.34. The van der Waals surface area contributed by atoms with Gasteiger partial charge in [-0.25, -0.2) is 0 Å². The second kappa shape index (κ2) is 9.66. The fourth-order valence-corrected chi connectivity index (χ4v) is 0. The highest BCUT2D eigenvalue weighted by Gasteiger charge is 1.75. The van der Waals surface area contributed by atoms with E-state index in [-0.39, 0.29) is 12.6 Å². The van der Waals surface area contributed by atoms with Crippen molar-refractivity contribution in [1.82, 2.24) is 0 Å². The van der Waals surface area contributed by atoms with Crippen molar-refractivity contribution in [2.24, 2.45) is 0 Å². The number of methoxy groups -OCH3 is 1. The van der Waals surface area contributed by atoms with Crippen molar-refractivity contribution in [1.29, 1.82) is 0 Å². The summed E-state index contributed by atoms with van der Waals surface area (Å²) in [5.74, 6) is -0.245. The monoisotopic (exact) mass is 120 g/mol. The molecule has 0 aliphatic heterocycles. The van der Waals surface area contributed by atoms with Gasteiger partial charge in [-0.05, 0) is 6.92 Å². The van der Waals surface area contributed by atoms with Gasteiger partial charge in [0.05, 0.1) is 7.11 Å². The van der Waals surface area contributed by atoms with Crippen molar-refractivity contribution in [3.8, 4) is 0 Å². The van der Waals surface area contributed by atoms with Crippen molar-refractivity contribution in [2.75, 3.05) is 13.7 Å². The molecule has 0 rings (SSSR count). The van der Waals surface area contributed by atoms with Crippen LogP contribution in [0.5, 0.6) is 0 Å². The Kier molecular flexibility index (Phi) is 12.6. The summed E-state index contributed by atoms with van der Waals surface area (Å²) in [4.78, 5) is 9.59. The van der Waals surface area contributed by atoms with Gasteiger partial charge >= 0.3 is 5.97 Å². The molecule has 0 saturated heterocycles. The minimum atomic E-state index is -0.245. The van der Waals surface area contributed by atoms with Crippen LogP contribution in [0.3, 0.4) is 0 Å². The summed E-state index contributed by atoms with van der Waals surface area (Å²) in [5, 5.41) is 7.57.